The van der Waals surface area contributed by atoms with Crippen molar-refractivity contribution in [3.05, 3.63) is 125 Å². The number of hydrogen-bond donors (Lipinski definition) is 4. The van der Waals surface area contributed by atoms with E-state index in [2.05, 4.69) is 16.0 Å². The van der Waals surface area contributed by atoms with E-state index in [9.17, 15) is 14.0 Å². The minimum atomic E-state index is -0.318. The molecule has 39 heavy (non-hydrogen) atoms. The van der Waals surface area contributed by atoms with E-state index in [0.29, 0.717) is 29.1 Å². The minimum Gasteiger partial charge on any atom is -0.397 e. The quantitative estimate of drug-likeness (QED) is 0.122. The van der Waals surface area contributed by atoms with Gasteiger partial charge in [0.25, 0.3) is 11.8 Å². The maximum absolute atomic E-state index is 13.3. The molecule has 196 valence electrons. The van der Waals surface area contributed by atoms with Crippen LogP contribution in [0.2, 0.25) is 0 Å². The molecule has 1 aliphatic rings. The summed E-state index contributed by atoms with van der Waals surface area (Å²) in [6, 6.07) is 28.4. The van der Waals surface area contributed by atoms with E-state index in [-0.39, 0.29) is 23.7 Å². The summed E-state index contributed by atoms with van der Waals surface area (Å²) in [6.07, 6.45) is 3.76. The molecule has 1 aliphatic carbocycles. The average Bonchev–Trinajstić information content (AvgIpc) is 3.77. The molecule has 0 aliphatic heterocycles. The summed E-state index contributed by atoms with van der Waals surface area (Å²) in [6.45, 7) is 0.563. The van der Waals surface area contributed by atoms with E-state index >= 15 is 0 Å². The summed E-state index contributed by atoms with van der Waals surface area (Å²) in [4.78, 5) is 25.5. The zero-order valence-corrected chi connectivity index (χ0v) is 21.3. The molecule has 0 radical (unpaired) electrons. The number of hydrogen-bond acceptors (Lipinski definition) is 4. The van der Waals surface area contributed by atoms with Gasteiger partial charge in [0.15, 0.2) is 0 Å². The summed E-state index contributed by atoms with van der Waals surface area (Å²) >= 11 is 0. The third-order valence-electron chi connectivity index (χ3n) is 6.46. The Morgan fingerprint density at radius 1 is 0.846 bits per heavy atom. The van der Waals surface area contributed by atoms with Crippen LogP contribution >= 0.6 is 0 Å². The normalized spacial score (nSPS) is 13.0. The first-order valence-corrected chi connectivity index (χ1v) is 12.8. The molecular formula is C32H29FN4O2. The van der Waals surface area contributed by atoms with Gasteiger partial charge in [-0.25, -0.2) is 4.39 Å². The summed E-state index contributed by atoms with van der Waals surface area (Å²) in [5.41, 5.74) is 11.5. The highest BCUT2D eigenvalue weighted by molar-refractivity contribution is 6.24. The van der Waals surface area contributed by atoms with Crippen molar-refractivity contribution in [2.24, 2.45) is 0 Å². The van der Waals surface area contributed by atoms with Crippen LogP contribution in [0.5, 0.6) is 0 Å². The van der Waals surface area contributed by atoms with Gasteiger partial charge in [-0.15, -0.1) is 0 Å². The standard InChI is InChI=1S/C32H29FN4O2/c33-25-13-7-21(8-14-25)19-28(32(39)36-27-17-18-27)23-11-15-26(16-12-23)35-20-22-5-9-24(10-6-22)31(38)37-30-4-2-1-3-29(30)34/h1-16,19,27,35H,17-18,20,34H2,(H,36,39)(H,37,38). The molecule has 5 rings (SSSR count). The molecule has 0 atom stereocenters. The van der Waals surface area contributed by atoms with Crippen LogP contribution in [0.1, 0.15) is 39.9 Å². The van der Waals surface area contributed by atoms with Crippen LogP contribution in [0.25, 0.3) is 11.6 Å². The molecule has 0 heterocycles. The number of halogens is 1. The Kier molecular flexibility index (Phi) is 7.68. The SMILES string of the molecule is Nc1ccccc1NC(=O)c1ccc(CNc2ccc(C(=Cc3ccc(F)cc3)C(=O)NC3CC3)cc2)cc1. The van der Waals surface area contributed by atoms with E-state index in [1.807, 2.05) is 48.5 Å². The van der Waals surface area contributed by atoms with Gasteiger partial charge in [0.05, 0.1) is 11.4 Å². The van der Waals surface area contributed by atoms with Gasteiger partial charge in [0, 0.05) is 29.4 Å². The molecule has 5 N–H and O–H groups in total. The number of nitrogens with one attached hydrogen (secondary N) is 3. The van der Waals surface area contributed by atoms with Crippen molar-refractivity contribution in [1.29, 1.82) is 0 Å². The van der Waals surface area contributed by atoms with Gasteiger partial charge in [0.1, 0.15) is 5.82 Å². The smallest absolute Gasteiger partial charge is 0.255 e. The van der Waals surface area contributed by atoms with Crippen molar-refractivity contribution in [2.75, 3.05) is 16.4 Å². The zero-order valence-electron chi connectivity index (χ0n) is 21.3. The summed E-state index contributed by atoms with van der Waals surface area (Å²) in [7, 11) is 0. The monoisotopic (exact) mass is 520 g/mol. The Morgan fingerprint density at radius 3 is 2.18 bits per heavy atom. The predicted molar refractivity (Wildman–Crippen MR) is 154 cm³/mol. The molecule has 4 aromatic rings. The first-order valence-electron chi connectivity index (χ1n) is 12.8. The van der Waals surface area contributed by atoms with E-state index < -0.39 is 0 Å². The van der Waals surface area contributed by atoms with Crippen LogP contribution < -0.4 is 21.7 Å². The number of nitrogens with two attached hydrogens (primary N) is 1. The molecular weight excluding hydrogens is 491 g/mol. The second-order valence-corrected chi connectivity index (χ2v) is 9.53. The van der Waals surface area contributed by atoms with Gasteiger partial charge < -0.3 is 21.7 Å². The van der Waals surface area contributed by atoms with Crippen LogP contribution in [-0.4, -0.2) is 17.9 Å². The average molecular weight is 521 g/mol. The molecule has 4 aromatic carbocycles. The highest BCUT2D eigenvalue weighted by Crippen LogP contribution is 2.25. The first kappa shape index (κ1) is 25.7. The zero-order chi connectivity index (χ0) is 27.2. The minimum absolute atomic E-state index is 0.137. The maximum Gasteiger partial charge on any atom is 0.255 e. The van der Waals surface area contributed by atoms with Crippen molar-refractivity contribution in [1.82, 2.24) is 5.32 Å². The fraction of sp³-hybridized carbons (Fsp3) is 0.125. The van der Waals surface area contributed by atoms with Gasteiger partial charge in [-0.1, -0.05) is 48.5 Å². The van der Waals surface area contributed by atoms with Crippen molar-refractivity contribution >= 4 is 40.5 Å². The Bertz CT molecular complexity index is 1490. The Hall–Kier alpha value is -4.91. The Labute approximate surface area is 226 Å². The van der Waals surface area contributed by atoms with Gasteiger partial charge in [-0.3, -0.25) is 9.59 Å². The van der Waals surface area contributed by atoms with Crippen molar-refractivity contribution in [3.63, 3.8) is 0 Å². The third-order valence-corrected chi connectivity index (χ3v) is 6.46. The highest BCUT2D eigenvalue weighted by Gasteiger charge is 2.25. The summed E-state index contributed by atoms with van der Waals surface area (Å²) < 4.78 is 13.3. The Morgan fingerprint density at radius 2 is 1.51 bits per heavy atom. The number of para-hydroxylation sites is 2. The van der Waals surface area contributed by atoms with Crippen LogP contribution in [0, 0.1) is 5.82 Å². The van der Waals surface area contributed by atoms with Crippen LogP contribution in [0.4, 0.5) is 21.5 Å². The summed E-state index contributed by atoms with van der Waals surface area (Å²) in [5, 5.41) is 9.24. The molecule has 0 bridgehead atoms. The lowest BCUT2D eigenvalue weighted by molar-refractivity contribution is -0.115. The maximum atomic E-state index is 13.3. The predicted octanol–water partition coefficient (Wildman–Crippen LogP) is 6.09. The molecule has 1 saturated carbocycles. The second kappa shape index (κ2) is 11.6. The van der Waals surface area contributed by atoms with Gasteiger partial charge >= 0.3 is 0 Å². The number of carbonyl (C=O) groups is 2. The first-order chi connectivity index (χ1) is 18.9. The fourth-order valence-electron chi connectivity index (χ4n) is 4.05. The Balaban J connectivity index is 1.22. The second-order valence-electron chi connectivity index (χ2n) is 9.53. The van der Waals surface area contributed by atoms with Crippen molar-refractivity contribution in [2.45, 2.75) is 25.4 Å². The molecule has 0 saturated heterocycles. The lowest BCUT2D eigenvalue weighted by Gasteiger charge is -2.12. The molecule has 0 spiro atoms. The van der Waals surface area contributed by atoms with E-state index in [1.54, 1.807) is 42.5 Å². The highest BCUT2D eigenvalue weighted by atomic mass is 19.1. The van der Waals surface area contributed by atoms with Gasteiger partial charge in [0.2, 0.25) is 0 Å². The van der Waals surface area contributed by atoms with Crippen LogP contribution in [0.3, 0.4) is 0 Å². The van der Waals surface area contributed by atoms with E-state index in [0.717, 1.165) is 35.2 Å². The number of amides is 2. The molecule has 6 nitrogen and oxygen atoms in total. The van der Waals surface area contributed by atoms with Crippen LogP contribution in [-0.2, 0) is 11.3 Å². The molecule has 0 aromatic heterocycles. The number of nitrogen functional groups attached to an aromatic ring is 1. The third kappa shape index (κ3) is 6.90. The van der Waals surface area contributed by atoms with Crippen molar-refractivity contribution in [3.8, 4) is 0 Å². The fourth-order valence-corrected chi connectivity index (χ4v) is 4.05. The lowest BCUT2D eigenvalue weighted by atomic mass is 10.0. The number of carbonyl (C=O) groups excluding carboxylic acids is 2. The molecule has 2 amide bonds. The summed E-state index contributed by atoms with van der Waals surface area (Å²) in [5.74, 6) is -0.679. The molecule has 1 fully saturated rings. The molecule has 0 unspecified atom stereocenters. The lowest BCUT2D eigenvalue weighted by Crippen LogP contribution is -2.26. The van der Waals surface area contributed by atoms with E-state index in [4.69, 9.17) is 5.73 Å². The largest absolute Gasteiger partial charge is 0.397 e. The number of rotatable bonds is 9. The van der Waals surface area contributed by atoms with E-state index in [1.165, 1.54) is 12.1 Å². The number of anilines is 3. The molecule has 7 heteroatoms. The topological polar surface area (TPSA) is 96.2 Å². The van der Waals surface area contributed by atoms with Gasteiger partial charge in [-0.2, -0.15) is 0 Å². The van der Waals surface area contributed by atoms with Crippen LogP contribution in [0.15, 0.2) is 97.1 Å². The van der Waals surface area contributed by atoms with Gasteiger partial charge in [-0.05, 0) is 84.1 Å². The van der Waals surface area contributed by atoms with Crippen molar-refractivity contribution < 1.29 is 14.0 Å². The number of benzene rings is 4.